The zero-order valence-corrected chi connectivity index (χ0v) is 15.6. The molecule has 1 aromatic heterocycles. The Labute approximate surface area is 139 Å². The van der Waals surface area contributed by atoms with Crippen molar-refractivity contribution >= 4 is 15.9 Å². The molecule has 0 amide bonds. The molecule has 0 aliphatic rings. The summed E-state index contributed by atoms with van der Waals surface area (Å²) in [6.07, 6.45) is 15.5. The first-order valence-electron chi connectivity index (χ1n) is 8.55. The summed E-state index contributed by atoms with van der Waals surface area (Å²) in [5, 5.41) is 7.73. The maximum atomic E-state index is 4.31. The summed E-state index contributed by atoms with van der Waals surface area (Å²) in [5.74, 6) is 0. The van der Waals surface area contributed by atoms with Gasteiger partial charge < -0.3 is 5.32 Å². The zero-order valence-electron chi connectivity index (χ0n) is 14.0. The van der Waals surface area contributed by atoms with Crippen LogP contribution in [-0.4, -0.2) is 16.8 Å². The fourth-order valence-electron chi connectivity index (χ4n) is 2.89. The average Bonchev–Trinajstić information content (AvgIpc) is 2.81. The SMILES string of the molecule is CCCCCCCCCCCC(NC)c1c(Br)cnn1C. The van der Waals surface area contributed by atoms with Gasteiger partial charge in [0.15, 0.2) is 0 Å². The zero-order chi connectivity index (χ0) is 15.5. The van der Waals surface area contributed by atoms with Crippen molar-refractivity contribution in [3.63, 3.8) is 0 Å². The molecular weight excluding hydrogens is 326 g/mol. The molecule has 1 aromatic rings. The molecule has 0 spiro atoms. The van der Waals surface area contributed by atoms with Crippen molar-refractivity contribution in [3.05, 3.63) is 16.4 Å². The Kier molecular flexibility index (Phi) is 10.0. The highest BCUT2D eigenvalue weighted by molar-refractivity contribution is 9.10. The first kappa shape index (κ1) is 18.7. The fourth-order valence-corrected chi connectivity index (χ4v) is 3.51. The Morgan fingerprint density at radius 1 is 1.10 bits per heavy atom. The van der Waals surface area contributed by atoms with Gasteiger partial charge in [-0.25, -0.2) is 0 Å². The summed E-state index contributed by atoms with van der Waals surface area (Å²) >= 11 is 3.60. The Balaban J connectivity index is 2.13. The van der Waals surface area contributed by atoms with E-state index < -0.39 is 0 Å². The summed E-state index contributed by atoms with van der Waals surface area (Å²) in [4.78, 5) is 0. The number of rotatable bonds is 12. The van der Waals surface area contributed by atoms with Crippen molar-refractivity contribution in [1.29, 1.82) is 0 Å². The normalized spacial score (nSPS) is 12.8. The fraction of sp³-hybridized carbons (Fsp3) is 0.824. The van der Waals surface area contributed by atoms with E-state index in [0.717, 1.165) is 4.47 Å². The number of hydrogen-bond donors (Lipinski definition) is 1. The van der Waals surface area contributed by atoms with E-state index in [1.165, 1.54) is 69.9 Å². The number of aromatic nitrogens is 2. The summed E-state index contributed by atoms with van der Waals surface area (Å²) in [7, 11) is 4.05. The third-order valence-corrected chi connectivity index (χ3v) is 4.82. The van der Waals surface area contributed by atoms with Crippen LogP contribution < -0.4 is 5.32 Å². The molecule has 0 bridgehead atoms. The van der Waals surface area contributed by atoms with Gasteiger partial charge in [0.25, 0.3) is 0 Å². The van der Waals surface area contributed by atoms with Gasteiger partial charge in [0.05, 0.1) is 22.4 Å². The molecule has 0 aromatic carbocycles. The van der Waals surface area contributed by atoms with Crippen LogP contribution in [0.3, 0.4) is 0 Å². The van der Waals surface area contributed by atoms with Crippen LogP contribution in [0.15, 0.2) is 10.7 Å². The highest BCUT2D eigenvalue weighted by atomic mass is 79.9. The number of nitrogens with zero attached hydrogens (tertiary/aromatic N) is 2. The monoisotopic (exact) mass is 357 g/mol. The van der Waals surface area contributed by atoms with Crippen LogP contribution in [0, 0.1) is 0 Å². The summed E-state index contributed by atoms with van der Waals surface area (Å²) in [6.45, 7) is 2.28. The van der Waals surface area contributed by atoms with Gasteiger partial charge in [-0.3, -0.25) is 4.68 Å². The molecule has 1 unspecified atom stereocenters. The van der Waals surface area contributed by atoms with E-state index in [0.29, 0.717) is 6.04 Å². The van der Waals surface area contributed by atoms with Crippen LogP contribution in [0.4, 0.5) is 0 Å². The minimum Gasteiger partial charge on any atom is -0.312 e. The molecule has 3 nitrogen and oxygen atoms in total. The summed E-state index contributed by atoms with van der Waals surface area (Å²) in [6, 6.07) is 0.399. The molecule has 21 heavy (non-hydrogen) atoms. The van der Waals surface area contributed by atoms with Crippen molar-refractivity contribution in [3.8, 4) is 0 Å². The van der Waals surface area contributed by atoms with Gasteiger partial charge in [-0.2, -0.15) is 5.10 Å². The second-order valence-electron chi connectivity index (χ2n) is 5.96. The molecule has 0 saturated heterocycles. The Morgan fingerprint density at radius 3 is 2.14 bits per heavy atom. The number of hydrogen-bond acceptors (Lipinski definition) is 2. The highest BCUT2D eigenvalue weighted by Gasteiger charge is 2.16. The minimum atomic E-state index is 0.399. The van der Waals surface area contributed by atoms with Crippen LogP contribution in [0.5, 0.6) is 0 Å². The van der Waals surface area contributed by atoms with Crippen molar-refractivity contribution < 1.29 is 0 Å². The van der Waals surface area contributed by atoms with Gasteiger partial charge in [0, 0.05) is 7.05 Å². The van der Waals surface area contributed by atoms with E-state index in [2.05, 4.69) is 33.3 Å². The van der Waals surface area contributed by atoms with Gasteiger partial charge in [-0.05, 0) is 29.4 Å². The van der Waals surface area contributed by atoms with Crippen molar-refractivity contribution in [2.75, 3.05) is 7.05 Å². The van der Waals surface area contributed by atoms with E-state index in [9.17, 15) is 0 Å². The van der Waals surface area contributed by atoms with Crippen LogP contribution in [-0.2, 0) is 7.05 Å². The molecule has 0 saturated carbocycles. The van der Waals surface area contributed by atoms with Gasteiger partial charge in [-0.1, -0.05) is 64.7 Å². The van der Waals surface area contributed by atoms with Crippen LogP contribution >= 0.6 is 15.9 Å². The van der Waals surface area contributed by atoms with Crippen LogP contribution in [0.25, 0.3) is 0 Å². The van der Waals surface area contributed by atoms with Crippen LogP contribution in [0.1, 0.15) is 82.9 Å². The molecule has 122 valence electrons. The predicted octanol–water partition coefficient (Wildman–Crippen LogP) is 5.36. The molecule has 0 fully saturated rings. The van der Waals surface area contributed by atoms with E-state index in [4.69, 9.17) is 0 Å². The predicted molar refractivity (Wildman–Crippen MR) is 94.6 cm³/mol. The molecule has 0 aliphatic heterocycles. The highest BCUT2D eigenvalue weighted by Crippen LogP contribution is 2.26. The second kappa shape index (κ2) is 11.2. The van der Waals surface area contributed by atoms with Gasteiger partial charge in [0.1, 0.15) is 0 Å². The molecule has 1 atom stereocenters. The third kappa shape index (κ3) is 6.96. The molecular formula is C17H32BrN3. The number of nitrogens with one attached hydrogen (secondary N) is 1. The molecule has 4 heteroatoms. The van der Waals surface area contributed by atoms with Gasteiger partial charge in [0.2, 0.25) is 0 Å². The Hall–Kier alpha value is -0.350. The maximum Gasteiger partial charge on any atom is 0.0692 e. The number of halogens is 1. The number of aryl methyl sites for hydroxylation is 1. The molecule has 1 heterocycles. The lowest BCUT2D eigenvalue weighted by atomic mass is 10.0. The first-order chi connectivity index (χ1) is 10.2. The van der Waals surface area contributed by atoms with E-state index >= 15 is 0 Å². The lowest BCUT2D eigenvalue weighted by molar-refractivity contribution is 0.468. The lowest BCUT2D eigenvalue weighted by Crippen LogP contribution is -2.19. The smallest absolute Gasteiger partial charge is 0.0692 e. The quantitative estimate of drug-likeness (QED) is 0.510. The second-order valence-corrected chi connectivity index (χ2v) is 6.81. The van der Waals surface area contributed by atoms with E-state index in [1.54, 1.807) is 0 Å². The molecule has 0 aliphatic carbocycles. The molecule has 1 rings (SSSR count). The van der Waals surface area contributed by atoms with Crippen molar-refractivity contribution in [1.82, 2.24) is 15.1 Å². The maximum absolute atomic E-state index is 4.31. The molecule has 0 radical (unpaired) electrons. The van der Waals surface area contributed by atoms with Gasteiger partial charge in [-0.15, -0.1) is 0 Å². The van der Waals surface area contributed by atoms with Crippen molar-refractivity contribution in [2.45, 2.75) is 77.2 Å². The summed E-state index contributed by atoms with van der Waals surface area (Å²) < 4.78 is 3.08. The minimum absolute atomic E-state index is 0.399. The standard InChI is InChI=1S/C17H32BrN3/c1-4-5-6-7-8-9-10-11-12-13-16(19-2)17-15(18)14-20-21(17)3/h14,16,19H,4-13H2,1-3H3. The molecule has 1 N–H and O–H groups in total. The van der Waals surface area contributed by atoms with Crippen molar-refractivity contribution in [2.24, 2.45) is 7.05 Å². The van der Waals surface area contributed by atoms with Gasteiger partial charge >= 0.3 is 0 Å². The lowest BCUT2D eigenvalue weighted by Gasteiger charge is -2.17. The summed E-state index contributed by atoms with van der Waals surface area (Å²) in [5.41, 5.74) is 1.26. The third-order valence-electron chi connectivity index (χ3n) is 4.21. The Bertz CT molecular complexity index is 357. The topological polar surface area (TPSA) is 29.9 Å². The van der Waals surface area contributed by atoms with E-state index in [1.807, 2.05) is 25.0 Å². The average molecular weight is 358 g/mol. The van der Waals surface area contributed by atoms with Crippen LogP contribution in [0.2, 0.25) is 0 Å². The largest absolute Gasteiger partial charge is 0.312 e. The van der Waals surface area contributed by atoms with E-state index in [-0.39, 0.29) is 0 Å². The number of unbranched alkanes of at least 4 members (excludes halogenated alkanes) is 8. The Morgan fingerprint density at radius 2 is 1.67 bits per heavy atom. The first-order valence-corrected chi connectivity index (χ1v) is 9.34.